The van der Waals surface area contributed by atoms with Crippen LogP contribution in [0.3, 0.4) is 0 Å². The number of hydrogen-bond acceptors (Lipinski definition) is 2. The Balaban J connectivity index is 0. The molecular formula is C4H10LiNO2. The van der Waals surface area contributed by atoms with Gasteiger partial charge in [-0.15, -0.1) is 13.1 Å². The van der Waals surface area contributed by atoms with E-state index in [-0.39, 0.29) is 32.1 Å². The summed E-state index contributed by atoms with van der Waals surface area (Å²) in [5.41, 5.74) is 0. The second-order valence-corrected chi connectivity index (χ2v) is 1.12. The number of nitrogens with zero attached hydrogens (tertiary/aromatic N) is 1. The molecule has 0 rings (SSSR count). The molecule has 0 bridgehead atoms. The van der Waals surface area contributed by atoms with E-state index in [0.29, 0.717) is 13.1 Å². The van der Waals surface area contributed by atoms with Gasteiger partial charge in [0.2, 0.25) is 0 Å². The number of hydrogen-bond donors (Lipinski definition) is 2. The van der Waals surface area contributed by atoms with Crippen molar-refractivity contribution in [2.45, 2.75) is 0 Å². The molecule has 0 aliphatic carbocycles. The third-order valence-electron chi connectivity index (χ3n) is 0.516. The van der Waals surface area contributed by atoms with Gasteiger partial charge in [0.1, 0.15) is 0 Å². The Morgan fingerprint density at radius 1 is 1.00 bits per heavy atom. The average molecular weight is 111 g/mol. The van der Waals surface area contributed by atoms with Crippen LogP contribution in [0.2, 0.25) is 0 Å². The number of rotatable bonds is 4. The Morgan fingerprint density at radius 2 is 1.38 bits per heavy atom. The normalized spacial score (nSPS) is 8.25. The standard InChI is InChI=1S/C4H10NO2.Li/c6-3-1-5-2-4-7;/h6-7H,1-4H2;/q-1;+1. The van der Waals surface area contributed by atoms with E-state index in [1.807, 2.05) is 0 Å². The molecule has 0 fully saturated rings. The van der Waals surface area contributed by atoms with Gasteiger partial charge in [0.15, 0.2) is 0 Å². The van der Waals surface area contributed by atoms with Crippen molar-refractivity contribution in [1.82, 2.24) is 0 Å². The van der Waals surface area contributed by atoms with Crippen molar-refractivity contribution in [2.75, 3.05) is 26.3 Å². The van der Waals surface area contributed by atoms with E-state index in [1.54, 1.807) is 0 Å². The summed E-state index contributed by atoms with van der Waals surface area (Å²) in [4.78, 5) is 0. The molecule has 0 aromatic carbocycles. The van der Waals surface area contributed by atoms with Gasteiger partial charge in [0.05, 0.1) is 0 Å². The molecule has 0 spiro atoms. The van der Waals surface area contributed by atoms with Gasteiger partial charge in [-0.2, -0.15) is 0 Å². The zero-order chi connectivity index (χ0) is 5.54. The van der Waals surface area contributed by atoms with Gasteiger partial charge in [-0.25, -0.2) is 0 Å². The van der Waals surface area contributed by atoms with Gasteiger partial charge in [0.25, 0.3) is 0 Å². The van der Waals surface area contributed by atoms with Crippen LogP contribution in [-0.4, -0.2) is 36.5 Å². The Morgan fingerprint density at radius 3 is 1.62 bits per heavy atom. The molecule has 0 aliphatic heterocycles. The summed E-state index contributed by atoms with van der Waals surface area (Å²) in [5, 5.41) is 19.9. The van der Waals surface area contributed by atoms with Crippen molar-refractivity contribution in [3.05, 3.63) is 5.32 Å². The third kappa shape index (κ3) is 9.69. The van der Waals surface area contributed by atoms with E-state index in [2.05, 4.69) is 5.32 Å². The molecule has 0 aromatic heterocycles. The first kappa shape index (κ1) is 11.3. The van der Waals surface area contributed by atoms with Crippen LogP contribution < -0.4 is 18.9 Å². The molecule has 0 aromatic rings. The number of aliphatic hydroxyl groups excluding tert-OH is 2. The van der Waals surface area contributed by atoms with Gasteiger partial charge in [-0.05, 0) is 0 Å². The third-order valence-corrected chi connectivity index (χ3v) is 0.516. The van der Waals surface area contributed by atoms with Crippen LogP contribution in [0.25, 0.3) is 5.32 Å². The quantitative estimate of drug-likeness (QED) is 0.290. The summed E-state index contributed by atoms with van der Waals surface area (Å²) < 4.78 is 0. The van der Waals surface area contributed by atoms with E-state index in [1.165, 1.54) is 0 Å². The van der Waals surface area contributed by atoms with Crippen LogP contribution in [0.5, 0.6) is 0 Å². The number of aliphatic hydroxyl groups is 2. The van der Waals surface area contributed by atoms with Crippen LogP contribution in [-0.2, 0) is 0 Å². The molecule has 0 atom stereocenters. The van der Waals surface area contributed by atoms with Crippen LogP contribution >= 0.6 is 0 Å². The van der Waals surface area contributed by atoms with E-state index in [4.69, 9.17) is 10.2 Å². The molecule has 2 N–H and O–H groups in total. The van der Waals surface area contributed by atoms with Crippen molar-refractivity contribution >= 4 is 0 Å². The smallest absolute Gasteiger partial charge is 0.659 e. The first-order chi connectivity index (χ1) is 3.41. The second kappa shape index (κ2) is 10.5. The maximum absolute atomic E-state index is 8.12. The minimum Gasteiger partial charge on any atom is -0.659 e. The largest absolute Gasteiger partial charge is 1.00 e. The average Bonchev–Trinajstić information content (AvgIpc) is 1.69. The summed E-state index contributed by atoms with van der Waals surface area (Å²) in [7, 11) is 0. The molecular weight excluding hydrogens is 101 g/mol. The molecule has 0 heterocycles. The maximum atomic E-state index is 8.12. The zero-order valence-corrected chi connectivity index (χ0v) is 5.17. The van der Waals surface area contributed by atoms with Crippen molar-refractivity contribution in [1.29, 1.82) is 0 Å². The van der Waals surface area contributed by atoms with Gasteiger partial charge in [0, 0.05) is 13.2 Å². The van der Waals surface area contributed by atoms with Gasteiger partial charge in [-0.3, -0.25) is 0 Å². The maximum Gasteiger partial charge on any atom is 1.00 e. The fraction of sp³-hybridized carbons (Fsp3) is 1.00. The van der Waals surface area contributed by atoms with E-state index < -0.39 is 0 Å². The van der Waals surface area contributed by atoms with E-state index >= 15 is 0 Å². The SMILES string of the molecule is OCC[N-]CCO.[Li+]. The first-order valence-corrected chi connectivity index (χ1v) is 2.26. The van der Waals surface area contributed by atoms with Gasteiger partial charge in [-0.1, -0.05) is 0 Å². The van der Waals surface area contributed by atoms with Crippen molar-refractivity contribution < 1.29 is 29.1 Å². The van der Waals surface area contributed by atoms with Crippen molar-refractivity contribution in [3.63, 3.8) is 0 Å². The Hall–Kier alpha value is 0.477. The van der Waals surface area contributed by atoms with Crippen LogP contribution in [0.4, 0.5) is 0 Å². The Kier molecular flexibility index (Phi) is 14.8. The van der Waals surface area contributed by atoms with Crippen LogP contribution in [0.15, 0.2) is 0 Å². The van der Waals surface area contributed by atoms with E-state index in [9.17, 15) is 0 Å². The summed E-state index contributed by atoms with van der Waals surface area (Å²) in [6.45, 7) is 1.06. The van der Waals surface area contributed by atoms with Gasteiger partial charge < -0.3 is 15.5 Å². The topological polar surface area (TPSA) is 54.6 Å². The first-order valence-electron chi connectivity index (χ1n) is 2.26. The molecule has 0 amide bonds. The molecule has 0 unspecified atom stereocenters. The minimum atomic E-state index is 0. The zero-order valence-electron chi connectivity index (χ0n) is 5.17. The van der Waals surface area contributed by atoms with Crippen molar-refractivity contribution in [3.8, 4) is 0 Å². The monoisotopic (exact) mass is 111 g/mol. The van der Waals surface area contributed by atoms with Crippen LogP contribution in [0.1, 0.15) is 0 Å². The summed E-state index contributed by atoms with van der Waals surface area (Å²) >= 11 is 0. The summed E-state index contributed by atoms with van der Waals surface area (Å²) in [6.07, 6.45) is 0. The van der Waals surface area contributed by atoms with Gasteiger partial charge >= 0.3 is 18.9 Å². The minimum absolute atomic E-state index is 0. The molecule has 0 saturated carbocycles. The van der Waals surface area contributed by atoms with Crippen molar-refractivity contribution in [2.24, 2.45) is 0 Å². The molecule has 3 nitrogen and oxygen atoms in total. The fourth-order valence-corrected chi connectivity index (χ4v) is 0.253. The fourth-order valence-electron chi connectivity index (χ4n) is 0.253. The molecule has 0 saturated heterocycles. The molecule has 4 heteroatoms. The molecule has 0 aliphatic rings. The second-order valence-electron chi connectivity index (χ2n) is 1.12. The molecule has 8 heavy (non-hydrogen) atoms. The Labute approximate surface area is 61.3 Å². The van der Waals surface area contributed by atoms with Crippen LogP contribution in [0, 0.1) is 0 Å². The predicted molar refractivity (Wildman–Crippen MR) is 27.3 cm³/mol. The summed E-state index contributed by atoms with van der Waals surface area (Å²) in [5.74, 6) is 0. The Bertz CT molecular complexity index is 33.2. The summed E-state index contributed by atoms with van der Waals surface area (Å²) in [6, 6.07) is 0. The predicted octanol–water partition coefficient (Wildman–Crippen LogP) is -3.65. The molecule has 0 radical (unpaired) electrons. The molecule has 44 valence electrons. The van der Waals surface area contributed by atoms with E-state index in [0.717, 1.165) is 0 Å².